The molecule has 0 aliphatic carbocycles. The van der Waals surface area contributed by atoms with E-state index in [1.807, 2.05) is 11.4 Å². The van der Waals surface area contributed by atoms with Crippen molar-refractivity contribution in [3.63, 3.8) is 0 Å². The number of aryl methyl sites for hydroxylation is 1. The van der Waals surface area contributed by atoms with Crippen LogP contribution >= 0.6 is 0 Å². The van der Waals surface area contributed by atoms with Crippen molar-refractivity contribution in [2.24, 2.45) is 0 Å². The fourth-order valence-electron chi connectivity index (χ4n) is 1.51. The quantitative estimate of drug-likeness (QED) is 0.664. The fourth-order valence-corrected chi connectivity index (χ4v) is 1.51. The normalized spacial score (nSPS) is 11.4. The van der Waals surface area contributed by atoms with Gasteiger partial charge in [0.05, 0.1) is 11.2 Å². The maximum Gasteiger partial charge on any atom is 0.136 e. The Hall–Kier alpha value is -1.38. The van der Waals surface area contributed by atoms with Crippen LogP contribution in [0.2, 0.25) is 0 Å². The molecule has 0 radical (unpaired) electrons. The minimum atomic E-state index is 0.497. The Morgan fingerprint density at radius 3 is 2.77 bits per heavy atom. The molecule has 3 nitrogen and oxygen atoms in total. The molecule has 13 heavy (non-hydrogen) atoms. The first-order chi connectivity index (χ1) is 6.20. The summed E-state index contributed by atoms with van der Waals surface area (Å²) in [5.74, 6) is 0.497. The summed E-state index contributed by atoms with van der Waals surface area (Å²) in [5.41, 5.74) is 3.37. The third-order valence-corrected chi connectivity index (χ3v) is 2.27. The molecule has 0 aliphatic heterocycles. The summed E-state index contributed by atoms with van der Waals surface area (Å²) < 4.78 is 1.97. The molecule has 0 saturated heterocycles. The minimum absolute atomic E-state index is 0.497. The van der Waals surface area contributed by atoms with Gasteiger partial charge in [0.2, 0.25) is 0 Å². The van der Waals surface area contributed by atoms with Crippen LogP contribution < -0.4 is 0 Å². The molecular formula is C10H13N3. The SMILES string of the molecule is Cc1ncnn2c(C(C)C)ccc12. The first-order valence-electron chi connectivity index (χ1n) is 4.49. The molecule has 0 fully saturated rings. The Morgan fingerprint density at radius 2 is 2.08 bits per heavy atom. The van der Waals surface area contributed by atoms with Crippen molar-refractivity contribution in [3.8, 4) is 0 Å². The fraction of sp³-hybridized carbons (Fsp3) is 0.400. The van der Waals surface area contributed by atoms with Crippen LogP contribution in [0.15, 0.2) is 18.5 Å². The molecule has 2 aromatic rings. The van der Waals surface area contributed by atoms with Crippen molar-refractivity contribution >= 4 is 5.52 Å². The molecule has 2 rings (SSSR count). The van der Waals surface area contributed by atoms with Crippen molar-refractivity contribution in [2.75, 3.05) is 0 Å². The second-order valence-corrected chi connectivity index (χ2v) is 3.56. The molecule has 3 heteroatoms. The molecule has 0 atom stereocenters. The lowest BCUT2D eigenvalue weighted by molar-refractivity contribution is 0.747. The first kappa shape index (κ1) is 8.23. The van der Waals surface area contributed by atoms with Gasteiger partial charge < -0.3 is 0 Å². The molecular weight excluding hydrogens is 162 g/mol. The van der Waals surface area contributed by atoms with Crippen molar-refractivity contribution in [1.29, 1.82) is 0 Å². The number of aromatic nitrogens is 3. The smallest absolute Gasteiger partial charge is 0.136 e. The first-order valence-corrected chi connectivity index (χ1v) is 4.49. The highest BCUT2D eigenvalue weighted by molar-refractivity contribution is 5.52. The summed E-state index contributed by atoms with van der Waals surface area (Å²) in [6.45, 7) is 6.33. The summed E-state index contributed by atoms with van der Waals surface area (Å²) in [4.78, 5) is 4.15. The van der Waals surface area contributed by atoms with E-state index in [-0.39, 0.29) is 0 Å². The Labute approximate surface area is 77.4 Å². The van der Waals surface area contributed by atoms with Crippen molar-refractivity contribution < 1.29 is 0 Å². The monoisotopic (exact) mass is 175 g/mol. The van der Waals surface area contributed by atoms with E-state index in [1.54, 1.807) is 6.33 Å². The molecule has 0 amide bonds. The minimum Gasteiger partial charge on any atom is -0.238 e. The lowest BCUT2D eigenvalue weighted by Crippen LogP contribution is -2.00. The van der Waals surface area contributed by atoms with Crippen LogP contribution in [0.3, 0.4) is 0 Å². The lowest BCUT2D eigenvalue weighted by atomic mass is 10.1. The van der Waals surface area contributed by atoms with Gasteiger partial charge in [-0.1, -0.05) is 13.8 Å². The van der Waals surface area contributed by atoms with Crippen LogP contribution in [0.4, 0.5) is 0 Å². The molecule has 0 aromatic carbocycles. The van der Waals surface area contributed by atoms with Gasteiger partial charge >= 0.3 is 0 Å². The number of fused-ring (bicyclic) bond motifs is 1. The van der Waals surface area contributed by atoms with Gasteiger partial charge in [-0.05, 0) is 25.0 Å². The molecule has 2 aromatic heterocycles. The highest BCUT2D eigenvalue weighted by Crippen LogP contribution is 2.17. The van der Waals surface area contributed by atoms with Gasteiger partial charge in [-0.25, -0.2) is 9.50 Å². The van der Waals surface area contributed by atoms with Crippen molar-refractivity contribution in [2.45, 2.75) is 26.7 Å². The molecule has 0 saturated carbocycles. The third-order valence-electron chi connectivity index (χ3n) is 2.27. The zero-order valence-electron chi connectivity index (χ0n) is 8.15. The van der Waals surface area contributed by atoms with Crippen molar-refractivity contribution in [1.82, 2.24) is 14.6 Å². The van der Waals surface area contributed by atoms with Gasteiger partial charge in [0.1, 0.15) is 6.33 Å². The molecule has 0 N–H and O–H groups in total. The topological polar surface area (TPSA) is 30.2 Å². The van der Waals surface area contributed by atoms with Gasteiger partial charge in [-0.15, -0.1) is 0 Å². The maximum atomic E-state index is 4.23. The number of nitrogens with zero attached hydrogens (tertiary/aromatic N) is 3. The predicted molar refractivity (Wildman–Crippen MR) is 51.8 cm³/mol. The van der Waals surface area contributed by atoms with Gasteiger partial charge in [-0.2, -0.15) is 5.10 Å². The Kier molecular flexibility index (Phi) is 1.79. The third kappa shape index (κ3) is 1.20. The van der Waals surface area contributed by atoms with E-state index in [4.69, 9.17) is 0 Å². The molecule has 68 valence electrons. The van der Waals surface area contributed by atoms with Crippen LogP contribution in [-0.2, 0) is 0 Å². The van der Waals surface area contributed by atoms with Crippen LogP contribution in [0.1, 0.15) is 31.2 Å². The van der Waals surface area contributed by atoms with Crippen LogP contribution in [0.5, 0.6) is 0 Å². The summed E-state index contributed by atoms with van der Waals surface area (Å²) in [6.07, 6.45) is 1.61. The molecule has 0 bridgehead atoms. The van der Waals surface area contributed by atoms with Crippen LogP contribution in [0, 0.1) is 6.92 Å². The summed E-state index contributed by atoms with van der Waals surface area (Å²) >= 11 is 0. The second kappa shape index (κ2) is 2.83. The van der Waals surface area contributed by atoms with E-state index >= 15 is 0 Å². The van der Waals surface area contributed by atoms with Crippen LogP contribution in [-0.4, -0.2) is 14.6 Å². The van der Waals surface area contributed by atoms with Gasteiger partial charge in [0.15, 0.2) is 0 Å². The largest absolute Gasteiger partial charge is 0.238 e. The van der Waals surface area contributed by atoms with Crippen LogP contribution in [0.25, 0.3) is 5.52 Å². The standard InChI is InChI=1S/C10H13N3/c1-7(2)9-4-5-10-8(3)11-6-12-13(9)10/h4-7H,1-3H3. The lowest BCUT2D eigenvalue weighted by Gasteiger charge is -2.04. The summed E-state index contributed by atoms with van der Waals surface area (Å²) in [6, 6.07) is 4.19. The van der Waals surface area contributed by atoms with E-state index < -0.39 is 0 Å². The highest BCUT2D eigenvalue weighted by atomic mass is 15.2. The predicted octanol–water partition coefficient (Wildman–Crippen LogP) is 2.16. The second-order valence-electron chi connectivity index (χ2n) is 3.56. The van der Waals surface area contributed by atoms with E-state index in [1.165, 1.54) is 5.69 Å². The molecule has 0 spiro atoms. The van der Waals surface area contributed by atoms with Crippen molar-refractivity contribution in [3.05, 3.63) is 29.8 Å². The Morgan fingerprint density at radius 1 is 1.31 bits per heavy atom. The molecule has 0 aliphatic rings. The average Bonchev–Trinajstić information content (AvgIpc) is 2.48. The summed E-state index contributed by atoms with van der Waals surface area (Å²) in [5, 5.41) is 4.23. The number of hydrogen-bond acceptors (Lipinski definition) is 2. The zero-order chi connectivity index (χ0) is 9.42. The zero-order valence-corrected chi connectivity index (χ0v) is 8.15. The molecule has 0 unspecified atom stereocenters. The Bertz CT molecular complexity index is 429. The number of rotatable bonds is 1. The maximum absolute atomic E-state index is 4.23. The van der Waals surface area contributed by atoms with E-state index in [0.29, 0.717) is 5.92 Å². The summed E-state index contributed by atoms with van der Waals surface area (Å²) in [7, 11) is 0. The van der Waals surface area contributed by atoms with E-state index in [0.717, 1.165) is 11.2 Å². The van der Waals surface area contributed by atoms with E-state index in [9.17, 15) is 0 Å². The van der Waals surface area contributed by atoms with Gasteiger partial charge in [-0.3, -0.25) is 0 Å². The van der Waals surface area contributed by atoms with Gasteiger partial charge in [0.25, 0.3) is 0 Å². The van der Waals surface area contributed by atoms with Gasteiger partial charge in [0, 0.05) is 5.69 Å². The van der Waals surface area contributed by atoms with E-state index in [2.05, 4.69) is 36.1 Å². The number of hydrogen-bond donors (Lipinski definition) is 0. The highest BCUT2D eigenvalue weighted by Gasteiger charge is 2.07. The average molecular weight is 175 g/mol. The Balaban J connectivity index is 2.75. The molecule has 2 heterocycles.